The van der Waals surface area contributed by atoms with Gasteiger partial charge in [-0.1, -0.05) is 13.8 Å². The van der Waals surface area contributed by atoms with Crippen LogP contribution in [-0.4, -0.2) is 21.4 Å². The SMILES string of the molecule is Cc1coc(C(=O)c2ccc3n2CCC3(C(=O)O)C(C)C)c1. The zero-order valence-corrected chi connectivity index (χ0v) is 12.9. The van der Waals surface area contributed by atoms with Crippen molar-refractivity contribution in [3.8, 4) is 0 Å². The van der Waals surface area contributed by atoms with Crippen LogP contribution < -0.4 is 0 Å². The minimum Gasteiger partial charge on any atom is -0.481 e. The highest BCUT2D eigenvalue weighted by Gasteiger charge is 2.49. The molecular formula is C17H19NO4. The van der Waals surface area contributed by atoms with Gasteiger partial charge >= 0.3 is 5.97 Å². The van der Waals surface area contributed by atoms with E-state index in [0.29, 0.717) is 24.4 Å². The predicted molar refractivity (Wildman–Crippen MR) is 80.1 cm³/mol. The first-order chi connectivity index (χ1) is 10.4. The highest BCUT2D eigenvalue weighted by atomic mass is 16.4. The van der Waals surface area contributed by atoms with Crippen LogP contribution in [0.25, 0.3) is 0 Å². The number of hydrogen-bond acceptors (Lipinski definition) is 3. The minimum absolute atomic E-state index is 0.0463. The summed E-state index contributed by atoms with van der Waals surface area (Å²) >= 11 is 0. The Morgan fingerprint density at radius 1 is 1.36 bits per heavy atom. The standard InChI is InChI=1S/C17H19NO4/c1-10(2)17(16(20)21)6-7-18-12(4-5-14(17)18)15(19)13-8-11(3)9-22-13/h4-5,8-10H,6-7H2,1-3H3,(H,20,21). The van der Waals surface area contributed by atoms with Gasteiger partial charge in [0.1, 0.15) is 5.41 Å². The number of carbonyl (C=O) groups excluding carboxylic acids is 1. The van der Waals surface area contributed by atoms with Gasteiger partial charge in [-0.25, -0.2) is 0 Å². The minimum atomic E-state index is -0.919. The van der Waals surface area contributed by atoms with E-state index in [2.05, 4.69) is 0 Å². The highest BCUT2D eigenvalue weighted by molar-refractivity contribution is 6.06. The van der Waals surface area contributed by atoms with Crippen molar-refractivity contribution in [1.82, 2.24) is 4.57 Å². The maximum atomic E-state index is 12.6. The van der Waals surface area contributed by atoms with Crippen LogP contribution in [-0.2, 0) is 16.8 Å². The first kappa shape index (κ1) is 14.6. The molecule has 0 fully saturated rings. The molecule has 1 aliphatic rings. The molecule has 1 N–H and O–H groups in total. The van der Waals surface area contributed by atoms with Crippen LogP contribution in [0.1, 0.15) is 47.8 Å². The van der Waals surface area contributed by atoms with Crippen LogP contribution in [0.5, 0.6) is 0 Å². The van der Waals surface area contributed by atoms with Crippen molar-refractivity contribution in [3.05, 3.63) is 47.2 Å². The van der Waals surface area contributed by atoms with E-state index in [0.717, 1.165) is 5.56 Å². The molecule has 3 heterocycles. The lowest BCUT2D eigenvalue weighted by atomic mass is 9.74. The molecule has 0 bridgehead atoms. The quantitative estimate of drug-likeness (QED) is 0.881. The van der Waals surface area contributed by atoms with Crippen molar-refractivity contribution in [2.24, 2.45) is 5.92 Å². The Kier molecular flexibility index (Phi) is 3.24. The molecule has 0 saturated heterocycles. The fraction of sp³-hybridized carbons (Fsp3) is 0.412. The van der Waals surface area contributed by atoms with Crippen molar-refractivity contribution >= 4 is 11.8 Å². The molecule has 0 saturated carbocycles. The summed E-state index contributed by atoms with van der Waals surface area (Å²) in [4.78, 5) is 24.4. The normalized spacial score (nSPS) is 20.4. The van der Waals surface area contributed by atoms with Gasteiger partial charge < -0.3 is 14.1 Å². The molecule has 2 aromatic heterocycles. The molecule has 1 aliphatic heterocycles. The summed E-state index contributed by atoms with van der Waals surface area (Å²) in [5, 5.41) is 9.73. The largest absolute Gasteiger partial charge is 0.481 e. The number of carboxylic acids is 1. The number of furan rings is 1. The van der Waals surface area contributed by atoms with E-state index in [4.69, 9.17) is 4.42 Å². The van der Waals surface area contributed by atoms with Gasteiger partial charge in [-0.3, -0.25) is 9.59 Å². The lowest BCUT2D eigenvalue weighted by Gasteiger charge is -2.28. The number of aromatic nitrogens is 1. The van der Waals surface area contributed by atoms with Crippen LogP contribution in [0.3, 0.4) is 0 Å². The Labute approximate surface area is 128 Å². The molecule has 22 heavy (non-hydrogen) atoms. The second-order valence-corrected chi connectivity index (χ2v) is 6.25. The Morgan fingerprint density at radius 3 is 2.64 bits per heavy atom. The molecule has 1 atom stereocenters. The molecule has 0 aromatic carbocycles. The van der Waals surface area contributed by atoms with Crippen molar-refractivity contribution in [2.45, 2.75) is 39.2 Å². The van der Waals surface area contributed by atoms with Crippen molar-refractivity contribution in [2.75, 3.05) is 0 Å². The number of aliphatic carboxylic acids is 1. The fourth-order valence-corrected chi connectivity index (χ4v) is 3.44. The van der Waals surface area contributed by atoms with Crippen LogP contribution in [0.4, 0.5) is 0 Å². The third-order valence-corrected chi connectivity index (χ3v) is 4.72. The van der Waals surface area contributed by atoms with Crippen LogP contribution >= 0.6 is 0 Å². The first-order valence-electron chi connectivity index (χ1n) is 7.41. The van der Waals surface area contributed by atoms with Crippen molar-refractivity contribution in [1.29, 1.82) is 0 Å². The molecule has 0 amide bonds. The molecule has 0 radical (unpaired) electrons. The summed E-state index contributed by atoms with van der Waals surface area (Å²) in [7, 11) is 0. The molecule has 2 aromatic rings. The summed E-state index contributed by atoms with van der Waals surface area (Å²) in [6, 6.07) is 5.17. The summed E-state index contributed by atoms with van der Waals surface area (Å²) < 4.78 is 7.11. The van der Waals surface area contributed by atoms with Crippen molar-refractivity contribution in [3.63, 3.8) is 0 Å². The summed E-state index contributed by atoms with van der Waals surface area (Å²) in [5.74, 6) is -0.790. The summed E-state index contributed by atoms with van der Waals surface area (Å²) in [5.41, 5.74) is 1.17. The number of rotatable bonds is 4. The van der Waals surface area contributed by atoms with Crippen LogP contribution in [0, 0.1) is 12.8 Å². The topological polar surface area (TPSA) is 72.4 Å². The van der Waals surface area contributed by atoms with E-state index in [9.17, 15) is 14.7 Å². The Hall–Kier alpha value is -2.30. The molecule has 0 aliphatic carbocycles. The van der Waals surface area contributed by atoms with Crippen molar-refractivity contribution < 1.29 is 19.1 Å². The van der Waals surface area contributed by atoms with E-state index in [-0.39, 0.29) is 17.5 Å². The summed E-state index contributed by atoms with van der Waals surface area (Å²) in [6.07, 6.45) is 2.05. The van der Waals surface area contributed by atoms with Gasteiger partial charge in [-0.2, -0.15) is 0 Å². The van der Waals surface area contributed by atoms with Crippen LogP contribution in [0.2, 0.25) is 0 Å². The molecule has 5 heteroatoms. The summed E-state index contributed by atoms with van der Waals surface area (Å²) in [6.45, 7) is 6.22. The zero-order valence-electron chi connectivity index (χ0n) is 12.9. The molecule has 116 valence electrons. The average Bonchev–Trinajstić information content (AvgIpc) is 3.11. The monoisotopic (exact) mass is 301 g/mol. The first-order valence-corrected chi connectivity index (χ1v) is 7.41. The molecule has 5 nitrogen and oxygen atoms in total. The Morgan fingerprint density at radius 2 is 2.09 bits per heavy atom. The lowest BCUT2D eigenvalue weighted by molar-refractivity contribution is -0.145. The van der Waals surface area contributed by atoms with Crippen LogP contribution in [0.15, 0.2) is 28.9 Å². The zero-order chi connectivity index (χ0) is 16.1. The molecule has 3 rings (SSSR count). The Bertz CT molecular complexity index is 753. The van der Waals surface area contributed by atoms with Gasteiger partial charge in [-0.15, -0.1) is 0 Å². The number of ketones is 1. The van der Waals surface area contributed by atoms with E-state index in [1.807, 2.05) is 25.3 Å². The molecule has 1 unspecified atom stereocenters. The third-order valence-electron chi connectivity index (χ3n) is 4.72. The lowest BCUT2D eigenvalue weighted by Crippen LogP contribution is -2.38. The van der Waals surface area contributed by atoms with Gasteiger partial charge in [0.25, 0.3) is 0 Å². The number of carbonyl (C=O) groups is 2. The number of carboxylic acid groups (broad SMARTS) is 1. The van der Waals surface area contributed by atoms with Gasteiger partial charge in [0.15, 0.2) is 5.76 Å². The van der Waals surface area contributed by atoms with Gasteiger partial charge in [0.05, 0.1) is 12.0 Å². The maximum Gasteiger partial charge on any atom is 0.315 e. The second-order valence-electron chi connectivity index (χ2n) is 6.25. The van der Waals surface area contributed by atoms with Gasteiger partial charge in [0.2, 0.25) is 5.78 Å². The number of aryl methyl sites for hydroxylation is 1. The third kappa shape index (κ3) is 1.85. The molecular weight excluding hydrogens is 282 g/mol. The fourth-order valence-electron chi connectivity index (χ4n) is 3.44. The Balaban J connectivity index is 2.06. The number of hydrogen-bond donors (Lipinski definition) is 1. The number of fused-ring (bicyclic) bond motifs is 1. The number of nitrogens with zero attached hydrogens (tertiary/aromatic N) is 1. The second kappa shape index (κ2) is 4.87. The predicted octanol–water partition coefficient (Wildman–Crippen LogP) is 3.00. The maximum absolute atomic E-state index is 12.6. The average molecular weight is 301 g/mol. The van der Waals surface area contributed by atoms with Gasteiger partial charge in [0, 0.05) is 12.2 Å². The van der Waals surface area contributed by atoms with E-state index in [1.165, 1.54) is 6.26 Å². The van der Waals surface area contributed by atoms with E-state index >= 15 is 0 Å². The molecule has 0 spiro atoms. The smallest absolute Gasteiger partial charge is 0.315 e. The van der Waals surface area contributed by atoms with E-state index in [1.54, 1.807) is 18.2 Å². The highest BCUT2D eigenvalue weighted by Crippen LogP contribution is 2.43. The van der Waals surface area contributed by atoms with E-state index < -0.39 is 11.4 Å². The van der Waals surface area contributed by atoms with Gasteiger partial charge in [-0.05, 0) is 43.0 Å².